The Hall–Kier alpha value is -2.91. The highest BCUT2D eigenvalue weighted by molar-refractivity contribution is 7.99. The van der Waals surface area contributed by atoms with Crippen LogP contribution in [0.1, 0.15) is 18.2 Å². The van der Waals surface area contributed by atoms with Gasteiger partial charge in [0, 0.05) is 21.8 Å². The van der Waals surface area contributed by atoms with Crippen LogP contribution in [0.5, 0.6) is 0 Å². The lowest BCUT2D eigenvalue weighted by Gasteiger charge is -2.12. The summed E-state index contributed by atoms with van der Waals surface area (Å²) in [4.78, 5) is 9.87. The number of rotatable bonds is 6. The van der Waals surface area contributed by atoms with Crippen LogP contribution in [0.2, 0.25) is 0 Å². The van der Waals surface area contributed by atoms with Crippen molar-refractivity contribution in [3.63, 3.8) is 0 Å². The Morgan fingerprint density at radius 3 is 2.48 bits per heavy atom. The van der Waals surface area contributed by atoms with Gasteiger partial charge in [-0.05, 0) is 49.7 Å². The van der Waals surface area contributed by atoms with E-state index in [1.165, 1.54) is 6.33 Å². The summed E-state index contributed by atoms with van der Waals surface area (Å²) in [5.41, 5.74) is 2.55. The molecule has 2 aromatic heterocycles. The number of aromatic nitrogens is 4. The van der Waals surface area contributed by atoms with Gasteiger partial charge < -0.3 is 0 Å². The fourth-order valence-electron chi connectivity index (χ4n) is 2.98. The van der Waals surface area contributed by atoms with Crippen LogP contribution in [0, 0.1) is 6.92 Å². The van der Waals surface area contributed by atoms with Crippen molar-refractivity contribution in [3.05, 3.63) is 72.2 Å². The number of hydrogen-bond acceptors (Lipinski definition) is 6. The molecule has 9 heteroatoms. The van der Waals surface area contributed by atoms with Crippen molar-refractivity contribution in [2.45, 2.75) is 35.1 Å². The standard InChI is InChI=1S/C20H19N5O2S2/c1-3-18-14(2)23-20-21-13-22-25(20)19(18)28-16-11-9-15(10-12-16)24-29(26,27)17-7-5-4-6-8-17/h4-13,24H,3H2,1-2H3. The first kappa shape index (κ1) is 19.4. The number of aryl methyl sites for hydroxylation is 1. The summed E-state index contributed by atoms with van der Waals surface area (Å²) in [7, 11) is -3.61. The van der Waals surface area contributed by atoms with Gasteiger partial charge in [0.2, 0.25) is 0 Å². The predicted octanol–water partition coefficient (Wildman–Crippen LogP) is 3.95. The zero-order chi connectivity index (χ0) is 20.4. The van der Waals surface area contributed by atoms with Crippen molar-refractivity contribution in [3.8, 4) is 0 Å². The SMILES string of the molecule is CCc1c(C)nc2ncnn2c1Sc1ccc(NS(=O)(=O)c2ccccc2)cc1. The normalized spacial score (nSPS) is 11.7. The number of hydrogen-bond donors (Lipinski definition) is 1. The number of nitrogens with zero attached hydrogens (tertiary/aromatic N) is 4. The van der Waals surface area contributed by atoms with E-state index < -0.39 is 10.0 Å². The van der Waals surface area contributed by atoms with Crippen LogP contribution in [0.4, 0.5) is 5.69 Å². The topological polar surface area (TPSA) is 89.2 Å². The van der Waals surface area contributed by atoms with Crippen molar-refractivity contribution in [2.24, 2.45) is 0 Å². The summed E-state index contributed by atoms with van der Waals surface area (Å²) in [6, 6.07) is 15.6. The molecule has 0 saturated carbocycles. The first-order valence-corrected chi connectivity index (χ1v) is 11.3. The van der Waals surface area contributed by atoms with Gasteiger partial charge in [0.1, 0.15) is 11.4 Å². The molecule has 7 nitrogen and oxygen atoms in total. The van der Waals surface area contributed by atoms with Crippen LogP contribution in [-0.2, 0) is 16.4 Å². The molecule has 2 heterocycles. The van der Waals surface area contributed by atoms with Gasteiger partial charge >= 0.3 is 0 Å². The second kappa shape index (κ2) is 7.84. The van der Waals surface area contributed by atoms with Gasteiger partial charge in [-0.2, -0.15) is 14.6 Å². The Morgan fingerprint density at radius 2 is 1.79 bits per heavy atom. The first-order valence-electron chi connectivity index (χ1n) is 9.03. The van der Waals surface area contributed by atoms with E-state index in [0.29, 0.717) is 11.5 Å². The van der Waals surface area contributed by atoms with Gasteiger partial charge in [-0.3, -0.25) is 4.72 Å². The van der Waals surface area contributed by atoms with Crippen molar-refractivity contribution in [1.82, 2.24) is 19.6 Å². The highest BCUT2D eigenvalue weighted by Crippen LogP contribution is 2.32. The zero-order valence-electron chi connectivity index (χ0n) is 15.9. The van der Waals surface area contributed by atoms with E-state index in [9.17, 15) is 8.42 Å². The quantitative estimate of drug-likeness (QED) is 0.471. The number of anilines is 1. The molecule has 1 N–H and O–H groups in total. The van der Waals surface area contributed by atoms with E-state index in [0.717, 1.165) is 27.6 Å². The third kappa shape index (κ3) is 3.96. The molecule has 0 fully saturated rings. The molecule has 0 bridgehead atoms. The third-order valence-corrected chi connectivity index (χ3v) is 6.93. The monoisotopic (exact) mass is 425 g/mol. The molecule has 0 aliphatic heterocycles. The summed E-state index contributed by atoms with van der Waals surface area (Å²) in [5, 5.41) is 5.26. The third-order valence-electron chi connectivity index (χ3n) is 4.41. The molecule has 0 saturated heterocycles. The van der Waals surface area contributed by atoms with E-state index in [1.807, 2.05) is 19.1 Å². The first-order chi connectivity index (χ1) is 14.0. The number of benzene rings is 2. The van der Waals surface area contributed by atoms with E-state index in [-0.39, 0.29) is 4.90 Å². The van der Waals surface area contributed by atoms with Crippen molar-refractivity contribution in [1.29, 1.82) is 0 Å². The Labute approximate surface area is 173 Å². The molecule has 148 valence electrons. The van der Waals surface area contributed by atoms with Gasteiger partial charge in [0.25, 0.3) is 15.8 Å². The fraction of sp³-hybridized carbons (Fsp3) is 0.150. The van der Waals surface area contributed by atoms with Gasteiger partial charge in [-0.15, -0.1) is 0 Å². The second-order valence-electron chi connectivity index (χ2n) is 6.35. The lowest BCUT2D eigenvalue weighted by Crippen LogP contribution is -2.12. The van der Waals surface area contributed by atoms with Gasteiger partial charge in [0.15, 0.2) is 0 Å². The predicted molar refractivity (Wildman–Crippen MR) is 113 cm³/mol. The number of nitrogens with one attached hydrogen (secondary N) is 1. The average Bonchev–Trinajstić information content (AvgIpc) is 3.18. The molecule has 29 heavy (non-hydrogen) atoms. The Balaban J connectivity index is 1.60. The van der Waals surface area contributed by atoms with E-state index in [4.69, 9.17) is 0 Å². The van der Waals surface area contributed by atoms with Gasteiger partial charge in [-0.1, -0.05) is 36.9 Å². The minimum Gasteiger partial charge on any atom is -0.280 e. The Bertz CT molecular complexity index is 1250. The minimum absolute atomic E-state index is 0.229. The van der Waals surface area contributed by atoms with Crippen molar-refractivity contribution in [2.75, 3.05) is 4.72 Å². The van der Waals surface area contributed by atoms with Crippen LogP contribution in [0.15, 0.2) is 75.7 Å². The molecule has 0 aliphatic rings. The van der Waals surface area contributed by atoms with Crippen LogP contribution in [0.3, 0.4) is 0 Å². The Kier molecular flexibility index (Phi) is 5.25. The molecule has 0 unspecified atom stereocenters. The molecule has 0 radical (unpaired) electrons. The van der Waals surface area contributed by atoms with Crippen LogP contribution in [0.25, 0.3) is 5.78 Å². The summed E-state index contributed by atoms with van der Waals surface area (Å²) in [6.45, 7) is 4.05. The molecule has 4 rings (SSSR count). The maximum absolute atomic E-state index is 12.5. The molecular weight excluding hydrogens is 406 g/mol. The number of sulfonamides is 1. The van der Waals surface area contributed by atoms with Crippen LogP contribution >= 0.6 is 11.8 Å². The van der Waals surface area contributed by atoms with Crippen LogP contribution < -0.4 is 4.72 Å². The largest absolute Gasteiger partial charge is 0.280 e. The van der Waals surface area contributed by atoms with Crippen molar-refractivity contribution >= 4 is 33.3 Å². The lowest BCUT2D eigenvalue weighted by molar-refractivity contribution is 0.601. The van der Waals surface area contributed by atoms with Crippen molar-refractivity contribution < 1.29 is 8.42 Å². The molecule has 0 aliphatic carbocycles. The second-order valence-corrected chi connectivity index (χ2v) is 9.10. The highest BCUT2D eigenvalue weighted by atomic mass is 32.2. The highest BCUT2D eigenvalue weighted by Gasteiger charge is 2.16. The molecule has 2 aromatic carbocycles. The molecular formula is C20H19N5O2S2. The van der Waals surface area contributed by atoms with E-state index in [2.05, 4.69) is 26.7 Å². The molecule has 0 spiro atoms. The summed E-state index contributed by atoms with van der Waals surface area (Å²) < 4.78 is 29.3. The van der Waals surface area contributed by atoms with E-state index >= 15 is 0 Å². The lowest BCUT2D eigenvalue weighted by atomic mass is 10.2. The summed E-state index contributed by atoms with van der Waals surface area (Å²) >= 11 is 1.55. The van der Waals surface area contributed by atoms with E-state index in [1.54, 1.807) is 58.7 Å². The summed E-state index contributed by atoms with van der Waals surface area (Å²) in [6.07, 6.45) is 2.32. The average molecular weight is 426 g/mol. The van der Waals surface area contributed by atoms with Crippen LogP contribution in [-0.4, -0.2) is 28.0 Å². The van der Waals surface area contributed by atoms with Gasteiger partial charge in [-0.25, -0.2) is 13.4 Å². The smallest absolute Gasteiger partial charge is 0.261 e. The summed E-state index contributed by atoms with van der Waals surface area (Å²) in [5.74, 6) is 0.564. The molecule has 0 atom stereocenters. The number of fused-ring (bicyclic) bond motifs is 1. The zero-order valence-corrected chi connectivity index (χ0v) is 17.5. The minimum atomic E-state index is -3.61. The Morgan fingerprint density at radius 1 is 1.07 bits per heavy atom. The van der Waals surface area contributed by atoms with Gasteiger partial charge in [0.05, 0.1) is 4.90 Å². The molecule has 0 amide bonds. The maximum Gasteiger partial charge on any atom is 0.261 e. The molecule has 4 aromatic rings. The fourth-order valence-corrected chi connectivity index (χ4v) is 5.19. The maximum atomic E-state index is 12.5.